The molecular formula is C14H19BrN2O. The molecule has 2 rings (SSSR count). The van der Waals surface area contributed by atoms with Crippen LogP contribution >= 0.6 is 15.9 Å². The summed E-state index contributed by atoms with van der Waals surface area (Å²) in [5.74, 6) is 0.122. The van der Waals surface area contributed by atoms with Gasteiger partial charge in [-0.05, 0) is 44.0 Å². The Labute approximate surface area is 116 Å². The first-order chi connectivity index (χ1) is 8.63. The zero-order valence-corrected chi connectivity index (χ0v) is 12.2. The average molecular weight is 311 g/mol. The number of piperidine rings is 1. The Bertz CT molecular complexity index is 405. The van der Waals surface area contributed by atoms with E-state index in [2.05, 4.69) is 33.5 Å². The van der Waals surface area contributed by atoms with E-state index in [0.29, 0.717) is 18.5 Å². The number of carbonyl (C=O) groups excluding carboxylic acids is 1. The molecule has 2 unspecified atom stereocenters. The molecule has 1 heterocycles. The van der Waals surface area contributed by atoms with Gasteiger partial charge in [0.05, 0.1) is 6.42 Å². The number of hydrogen-bond donors (Lipinski definition) is 2. The molecule has 18 heavy (non-hydrogen) atoms. The monoisotopic (exact) mass is 310 g/mol. The molecule has 1 fully saturated rings. The standard InChI is InChI=1S/C14H19BrN2O/c1-10-8-13(6-7-16-10)17-14(18)9-11-2-4-12(15)5-3-11/h2-5,10,13,16H,6-9H2,1H3,(H,17,18). The predicted molar refractivity (Wildman–Crippen MR) is 76.5 cm³/mol. The van der Waals surface area contributed by atoms with E-state index in [0.717, 1.165) is 29.4 Å². The predicted octanol–water partition coefficient (Wildman–Crippen LogP) is 2.25. The topological polar surface area (TPSA) is 41.1 Å². The van der Waals surface area contributed by atoms with Crippen LogP contribution in [-0.4, -0.2) is 24.5 Å². The molecule has 0 aliphatic carbocycles. The molecule has 1 aliphatic rings. The number of amides is 1. The third kappa shape index (κ3) is 4.10. The first-order valence-corrected chi connectivity index (χ1v) is 7.20. The molecule has 0 radical (unpaired) electrons. The number of benzene rings is 1. The van der Waals surface area contributed by atoms with Crippen LogP contribution in [-0.2, 0) is 11.2 Å². The van der Waals surface area contributed by atoms with Gasteiger partial charge in [-0.1, -0.05) is 28.1 Å². The fourth-order valence-corrected chi connectivity index (χ4v) is 2.59. The van der Waals surface area contributed by atoms with Crippen molar-refractivity contribution in [1.29, 1.82) is 0 Å². The minimum Gasteiger partial charge on any atom is -0.353 e. The number of nitrogens with one attached hydrogen (secondary N) is 2. The van der Waals surface area contributed by atoms with Crippen LogP contribution < -0.4 is 10.6 Å². The smallest absolute Gasteiger partial charge is 0.224 e. The maximum atomic E-state index is 11.9. The van der Waals surface area contributed by atoms with Gasteiger partial charge in [-0.2, -0.15) is 0 Å². The van der Waals surface area contributed by atoms with Gasteiger partial charge in [-0.25, -0.2) is 0 Å². The molecule has 4 heteroatoms. The molecule has 98 valence electrons. The van der Waals surface area contributed by atoms with Crippen molar-refractivity contribution in [2.45, 2.75) is 38.3 Å². The van der Waals surface area contributed by atoms with Gasteiger partial charge in [0.15, 0.2) is 0 Å². The van der Waals surface area contributed by atoms with Crippen LogP contribution in [0.15, 0.2) is 28.7 Å². The lowest BCUT2D eigenvalue weighted by Gasteiger charge is -2.28. The zero-order chi connectivity index (χ0) is 13.0. The maximum Gasteiger partial charge on any atom is 0.224 e. The molecule has 0 bridgehead atoms. The van der Waals surface area contributed by atoms with Crippen molar-refractivity contribution in [3.8, 4) is 0 Å². The summed E-state index contributed by atoms with van der Waals surface area (Å²) in [6.45, 7) is 3.15. The molecule has 0 aromatic heterocycles. The van der Waals surface area contributed by atoms with E-state index in [4.69, 9.17) is 0 Å². The second-order valence-electron chi connectivity index (χ2n) is 4.95. The van der Waals surface area contributed by atoms with E-state index >= 15 is 0 Å². The first-order valence-electron chi connectivity index (χ1n) is 6.40. The minimum atomic E-state index is 0.122. The van der Waals surface area contributed by atoms with Crippen molar-refractivity contribution >= 4 is 21.8 Å². The van der Waals surface area contributed by atoms with Crippen molar-refractivity contribution in [2.24, 2.45) is 0 Å². The summed E-state index contributed by atoms with van der Waals surface area (Å²) < 4.78 is 1.04. The molecule has 1 aromatic rings. The highest BCUT2D eigenvalue weighted by Crippen LogP contribution is 2.12. The van der Waals surface area contributed by atoms with E-state index in [-0.39, 0.29) is 5.91 Å². The molecule has 1 aromatic carbocycles. The summed E-state index contributed by atoms with van der Waals surface area (Å²) >= 11 is 3.39. The molecule has 2 atom stereocenters. The average Bonchev–Trinajstić information content (AvgIpc) is 2.32. The number of hydrogen-bond acceptors (Lipinski definition) is 2. The molecule has 3 nitrogen and oxygen atoms in total. The second kappa shape index (κ2) is 6.34. The zero-order valence-electron chi connectivity index (χ0n) is 10.6. The number of halogens is 1. The molecule has 1 amide bonds. The lowest BCUT2D eigenvalue weighted by molar-refractivity contribution is -0.121. The highest BCUT2D eigenvalue weighted by atomic mass is 79.9. The van der Waals surface area contributed by atoms with E-state index in [1.165, 1.54) is 0 Å². The van der Waals surface area contributed by atoms with Crippen LogP contribution in [0, 0.1) is 0 Å². The fourth-order valence-electron chi connectivity index (χ4n) is 2.33. The van der Waals surface area contributed by atoms with Gasteiger partial charge in [0.2, 0.25) is 5.91 Å². The summed E-state index contributed by atoms with van der Waals surface area (Å²) in [6, 6.07) is 8.72. The van der Waals surface area contributed by atoms with Gasteiger partial charge < -0.3 is 10.6 Å². The van der Waals surface area contributed by atoms with E-state index in [1.54, 1.807) is 0 Å². The molecule has 0 saturated carbocycles. The van der Waals surface area contributed by atoms with Crippen LogP contribution in [0.1, 0.15) is 25.3 Å². The summed E-state index contributed by atoms with van der Waals surface area (Å²) in [7, 11) is 0. The maximum absolute atomic E-state index is 11.9. The lowest BCUT2D eigenvalue weighted by atomic mass is 10.0. The number of rotatable bonds is 3. The van der Waals surface area contributed by atoms with E-state index in [9.17, 15) is 4.79 Å². The van der Waals surface area contributed by atoms with Gasteiger partial charge in [-0.15, -0.1) is 0 Å². The summed E-state index contributed by atoms with van der Waals surface area (Å²) in [6.07, 6.45) is 2.51. The third-order valence-electron chi connectivity index (χ3n) is 3.27. The van der Waals surface area contributed by atoms with Gasteiger partial charge in [0.25, 0.3) is 0 Å². The molecule has 2 N–H and O–H groups in total. The van der Waals surface area contributed by atoms with Gasteiger partial charge in [0.1, 0.15) is 0 Å². The van der Waals surface area contributed by atoms with Crippen LogP contribution in [0.2, 0.25) is 0 Å². The molecular weight excluding hydrogens is 292 g/mol. The van der Waals surface area contributed by atoms with E-state index in [1.807, 2.05) is 24.3 Å². The Morgan fingerprint density at radius 2 is 2.17 bits per heavy atom. The Kier molecular flexibility index (Phi) is 4.78. The van der Waals surface area contributed by atoms with Crippen LogP contribution in [0.4, 0.5) is 0 Å². The Hall–Kier alpha value is -0.870. The fraction of sp³-hybridized carbons (Fsp3) is 0.500. The van der Waals surface area contributed by atoms with Gasteiger partial charge in [-0.3, -0.25) is 4.79 Å². The van der Waals surface area contributed by atoms with Crippen molar-refractivity contribution in [3.05, 3.63) is 34.3 Å². The summed E-state index contributed by atoms with van der Waals surface area (Å²) in [5.41, 5.74) is 1.05. The van der Waals surface area contributed by atoms with Crippen LogP contribution in [0.25, 0.3) is 0 Å². The van der Waals surface area contributed by atoms with Crippen LogP contribution in [0.3, 0.4) is 0 Å². The van der Waals surface area contributed by atoms with Gasteiger partial charge >= 0.3 is 0 Å². The SMILES string of the molecule is CC1CC(NC(=O)Cc2ccc(Br)cc2)CCN1. The van der Waals surface area contributed by atoms with E-state index < -0.39 is 0 Å². The normalized spacial score (nSPS) is 23.7. The summed E-state index contributed by atoms with van der Waals surface area (Å²) in [4.78, 5) is 11.9. The quantitative estimate of drug-likeness (QED) is 0.899. The van der Waals surface area contributed by atoms with Crippen molar-refractivity contribution in [2.75, 3.05) is 6.54 Å². The Morgan fingerprint density at radius 3 is 2.83 bits per heavy atom. The highest BCUT2D eigenvalue weighted by Gasteiger charge is 2.19. The summed E-state index contributed by atoms with van der Waals surface area (Å²) in [5, 5.41) is 6.51. The molecule has 0 spiro atoms. The van der Waals surface area contributed by atoms with Crippen LogP contribution in [0.5, 0.6) is 0 Å². The lowest BCUT2D eigenvalue weighted by Crippen LogP contribution is -2.46. The minimum absolute atomic E-state index is 0.122. The van der Waals surface area contributed by atoms with Crippen molar-refractivity contribution in [3.63, 3.8) is 0 Å². The Balaban J connectivity index is 1.83. The largest absolute Gasteiger partial charge is 0.353 e. The molecule has 1 aliphatic heterocycles. The van der Waals surface area contributed by atoms with Crippen molar-refractivity contribution < 1.29 is 4.79 Å². The van der Waals surface area contributed by atoms with Gasteiger partial charge in [0, 0.05) is 16.6 Å². The number of carbonyl (C=O) groups is 1. The second-order valence-corrected chi connectivity index (χ2v) is 5.86. The van der Waals surface area contributed by atoms with Crippen molar-refractivity contribution in [1.82, 2.24) is 10.6 Å². The highest BCUT2D eigenvalue weighted by molar-refractivity contribution is 9.10. The third-order valence-corrected chi connectivity index (χ3v) is 3.80. The Morgan fingerprint density at radius 1 is 1.44 bits per heavy atom. The first kappa shape index (κ1) is 13.6. The molecule has 1 saturated heterocycles.